The summed E-state index contributed by atoms with van der Waals surface area (Å²) in [5, 5.41) is 0. The van der Waals surface area contributed by atoms with Crippen LogP contribution in [0.1, 0.15) is 39.5 Å². The monoisotopic (exact) mass is 226 g/mol. The van der Waals surface area contributed by atoms with Gasteiger partial charge in [0.2, 0.25) is 0 Å². The molecule has 0 N–H and O–H groups in total. The fourth-order valence-electron chi connectivity index (χ4n) is 2.46. The van der Waals surface area contributed by atoms with Crippen LogP contribution in [0.25, 0.3) is 0 Å². The van der Waals surface area contributed by atoms with Crippen LogP contribution in [0.15, 0.2) is 0 Å². The van der Waals surface area contributed by atoms with Crippen molar-refractivity contribution in [3.8, 4) is 0 Å². The van der Waals surface area contributed by atoms with Crippen LogP contribution in [0.5, 0.6) is 0 Å². The minimum atomic E-state index is -0.843. The first-order valence-electron chi connectivity index (χ1n) is 5.54. The van der Waals surface area contributed by atoms with Crippen molar-refractivity contribution in [3.63, 3.8) is 0 Å². The molecule has 0 radical (unpaired) electrons. The molecule has 0 amide bonds. The third kappa shape index (κ3) is 2.15. The molecule has 1 saturated carbocycles. The molecule has 4 nitrogen and oxygen atoms in total. The molecule has 0 aliphatic heterocycles. The fourth-order valence-corrected chi connectivity index (χ4v) is 2.46. The van der Waals surface area contributed by atoms with Gasteiger partial charge in [-0.3, -0.25) is 14.4 Å². The van der Waals surface area contributed by atoms with Crippen molar-refractivity contribution in [2.45, 2.75) is 39.5 Å². The predicted molar refractivity (Wildman–Crippen MR) is 57.8 cm³/mol. The van der Waals surface area contributed by atoms with Crippen molar-refractivity contribution < 1.29 is 19.1 Å². The molecule has 0 heterocycles. The van der Waals surface area contributed by atoms with Crippen molar-refractivity contribution in [2.75, 3.05) is 7.11 Å². The first-order chi connectivity index (χ1) is 7.44. The highest BCUT2D eigenvalue weighted by Gasteiger charge is 2.44. The number of ketones is 2. The molecule has 0 atom stereocenters. The molecule has 0 unspecified atom stereocenters. The third-order valence-electron chi connectivity index (χ3n) is 3.72. The van der Waals surface area contributed by atoms with E-state index in [0.29, 0.717) is 25.7 Å². The maximum atomic E-state index is 11.6. The van der Waals surface area contributed by atoms with E-state index in [9.17, 15) is 14.4 Å². The van der Waals surface area contributed by atoms with Gasteiger partial charge >= 0.3 is 5.97 Å². The summed E-state index contributed by atoms with van der Waals surface area (Å²) >= 11 is 0. The zero-order valence-electron chi connectivity index (χ0n) is 10.0. The van der Waals surface area contributed by atoms with Crippen LogP contribution in [-0.2, 0) is 19.1 Å². The molecule has 0 aromatic heterocycles. The second-order valence-electron chi connectivity index (χ2n) is 4.49. The third-order valence-corrected chi connectivity index (χ3v) is 3.72. The van der Waals surface area contributed by atoms with Gasteiger partial charge in [-0.25, -0.2) is 0 Å². The minimum Gasteiger partial charge on any atom is -0.469 e. The Morgan fingerprint density at radius 2 is 1.50 bits per heavy atom. The Labute approximate surface area is 95.3 Å². The van der Waals surface area contributed by atoms with E-state index >= 15 is 0 Å². The van der Waals surface area contributed by atoms with Gasteiger partial charge in [0.05, 0.1) is 18.4 Å². The minimum absolute atomic E-state index is 0.0803. The summed E-state index contributed by atoms with van der Waals surface area (Å²) in [6.45, 7) is 2.92. The average Bonchev–Trinajstić information content (AvgIpc) is 2.27. The van der Waals surface area contributed by atoms with Crippen LogP contribution < -0.4 is 0 Å². The molecule has 16 heavy (non-hydrogen) atoms. The van der Waals surface area contributed by atoms with Crippen molar-refractivity contribution in [1.82, 2.24) is 0 Å². The smallest absolute Gasteiger partial charge is 0.308 e. The Bertz CT molecular complexity index is 295. The second-order valence-corrected chi connectivity index (χ2v) is 4.49. The molecule has 0 bridgehead atoms. The molecule has 0 spiro atoms. The van der Waals surface area contributed by atoms with E-state index in [2.05, 4.69) is 4.74 Å². The SMILES string of the molecule is COC(=O)C1CCC(C(C)=O)(C(C)=O)CC1. The van der Waals surface area contributed by atoms with Crippen LogP contribution in [0.3, 0.4) is 0 Å². The summed E-state index contributed by atoms with van der Waals surface area (Å²) in [7, 11) is 1.36. The van der Waals surface area contributed by atoms with Crippen LogP contribution in [0, 0.1) is 11.3 Å². The lowest BCUT2D eigenvalue weighted by molar-refractivity contribution is -0.151. The van der Waals surface area contributed by atoms with E-state index < -0.39 is 5.41 Å². The first-order valence-corrected chi connectivity index (χ1v) is 5.54. The summed E-state index contributed by atoms with van der Waals surface area (Å²) in [6.07, 6.45) is 2.06. The fraction of sp³-hybridized carbons (Fsp3) is 0.750. The van der Waals surface area contributed by atoms with Gasteiger partial charge in [0.25, 0.3) is 0 Å². The van der Waals surface area contributed by atoms with Crippen molar-refractivity contribution in [1.29, 1.82) is 0 Å². The summed E-state index contributed by atoms with van der Waals surface area (Å²) in [4.78, 5) is 34.5. The Kier molecular flexibility index (Phi) is 3.83. The Hall–Kier alpha value is -1.19. The molecular weight excluding hydrogens is 208 g/mol. The van der Waals surface area contributed by atoms with E-state index in [0.717, 1.165) is 0 Å². The van der Waals surface area contributed by atoms with E-state index in [-0.39, 0.29) is 23.5 Å². The van der Waals surface area contributed by atoms with Crippen molar-refractivity contribution in [2.24, 2.45) is 11.3 Å². The lowest BCUT2D eigenvalue weighted by Gasteiger charge is -2.35. The topological polar surface area (TPSA) is 60.4 Å². The Balaban J connectivity index is 2.75. The number of methoxy groups -OCH3 is 1. The zero-order valence-corrected chi connectivity index (χ0v) is 10.0. The maximum absolute atomic E-state index is 11.6. The predicted octanol–water partition coefficient (Wildman–Crippen LogP) is 1.51. The normalized spacial score (nSPS) is 20.2. The Morgan fingerprint density at radius 3 is 1.81 bits per heavy atom. The van der Waals surface area contributed by atoms with Gasteiger partial charge in [-0.15, -0.1) is 0 Å². The van der Waals surface area contributed by atoms with Gasteiger partial charge in [0.15, 0.2) is 0 Å². The summed E-state index contributed by atoms with van der Waals surface area (Å²) < 4.78 is 4.67. The molecule has 1 aliphatic carbocycles. The van der Waals surface area contributed by atoms with Gasteiger partial charge in [0.1, 0.15) is 11.6 Å². The highest BCUT2D eigenvalue weighted by Crippen LogP contribution is 2.40. The average molecular weight is 226 g/mol. The van der Waals surface area contributed by atoms with Crippen LogP contribution >= 0.6 is 0 Å². The van der Waals surface area contributed by atoms with Gasteiger partial charge in [0, 0.05) is 0 Å². The standard InChI is InChI=1S/C12H18O4/c1-8(13)12(9(2)14)6-4-10(5-7-12)11(15)16-3/h10H,4-7H2,1-3H3. The van der Waals surface area contributed by atoms with Crippen molar-refractivity contribution in [3.05, 3.63) is 0 Å². The van der Waals surface area contributed by atoms with E-state index in [4.69, 9.17) is 0 Å². The summed E-state index contributed by atoms with van der Waals surface area (Å²) in [5.74, 6) is -0.552. The molecule has 4 heteroatoms. The molecule has 90 valence electrons. The largest absolute Gasteiger partial charge is 0.469 e. The highest BCUT2D eigenvalue weighted by atomic mass is 16.5. The summed E-state index contributed by atoms with van der Waals surface area (Å²) in [6, 6.07) is 0. The number of Topliss-reactive ketones (excluding diaryl/α,β-unsaturated/α-hetero) is 2. The Morgan fingerprint density at radius 1 is 1.06 bits per heavy atom. The maximum Gasteiger partial charge on any atom is 0.308 e. The van der Waals surface area contributed by atoms with E-state index in [1.165, 1.54) is 21.0 Å². The van der Waals surface area contributed by atoms with E-state index in [1.54, 1.807) is 0 Å². The molecule has 0 aromatic rings. The number of carbonyl (C=O) groups is 3. The van der Waals surface area contributed by atoms with Gasteiger partial charge in [-0.2, -0.15) is 0 Å². The lowest BCUT2D eigenvalue weighted by atomic mass is 9.66. The first kappa shape index (κ1) is 12.9. The zero-order chi connectivity index (χ0) is 12.3. The van der Waals surface area contributed by atoms with Gasteiger partial charge in [-0.05, 0) is 39.5 Å². The number of hydrogen-bond acceptors (Lipinski definition) is 4. The van der Waals surface area contributed by atoms with Crippen LogP contribution in [-0.4, -0.2) is 24.6 Å². The number of hydrogen-bond donors (Lipinski definition) is 0. The number of carbonyl (C=O) groups excluding carboxylic acids is 3. The molecule has 1 aliphatic rings. The van der Waals surface area contributed by atoms with Crippen LogP contribution in [0.4, 0.5) is 0 Å². The quantitative estimate of drug-likeness (QED) is 0.540. The van der Waals surface area contributed by atoms with Crippen LogP contribution in [0.2, 0.25) is 0 Å². The molecule has 1 fully saturated rings. The summed E-state index contributed by atoms with van der Waals surface area (Å²) in [5.41, 5.74) is -0.843. The molecule has 0 saturated heterocycles. The number of ether oxygens (including phenoxy) is 1. The van der Waals surface area contributed by atoms with Gasteiger partial charge in [-0.1, -0.05) is 0 Å². The van der Waals surface area contributed by atoms with Crippen molar-refractivity contribution >= 4 is 17.5 Å². The highest BCUT2D eigenvalue weighted by molar-refractivity contribution is 6.05. The molecule has 0 aromatic carbocycles. The lowest BCUT2D eigenvalue weighted by Crippen LogP contribution is -2.41. The van der Waals surface area contributed by atoms with E-state index in [1.807, 2.05) is 0 Å². The molecular formula is C12H18O4. The van der Waals surface area contributed by atoms with Gasteiger partial charge < -0.3 is 4.74 Å². The molecule has 1 rings (SSSR count). The number of esters is 1. The number of rotatable bonds is 3. The second kappa shape index (κ2) is 4.76.